The summed E-state index contributed by atoms with van der Waals surface area (Å²) in [5, 5.41) is 0.532. The highest BCUT2D eigenvalue weighted by Gasteiger charge is 2.42. The first-order valence-electron chi connectivity index (χ1n) is 11.4. The first-order valence-corrected chi connectivity index (χ1v) is 11.4. The molecule has 4 nitrogen and oxygen atoms in total. The van der Waals surface area contributed by atoms with Gasteiger partial charge in [0, 0.05) is 6.54 Å². The highest BCUT2D eigenvalue weighted by atomic mass is 16.3. The molecule has 1 aliphatic heterocycles. The van der Waals surface area contributed by atoms with E-state index >= 15 is 0 Å². The van der Waals surface area contributed by atoms with Gasteiger partial charge in [-0.15, -0.1) is 0 Å². The lowest BCUT2D eigenvalue weighted by Crippen LogP contribution is -2.29. The van der Waals surface area contributed by atoms with Gasteiger partial charge in [0.15, 0.2) is 5.43 Å². The molecule has 2 heterocycles. The Balaban J connectivity index is 1.73. The number of carbonyl (C=O) groups is 1. The molecule has 3 aromatic carbocycles. The Morgan fingerprint density at radius 1 is 0.939 bits per heavy atom. The molecule has 0 fully saturated rings. The minimum absolute atomic E-state index is 0.125. The van der Waals surface area contributed by atoms with Crippen LogP contribution in [0.3, 0.4) is 0 Å². The SMILES string of the molecule is Cc1cc(C)c2oc3c(c(=O)c2c1)C(c1ccc(C(C)C)cc1)N(Cc1ccccc1)C3=O. The van der Waals surface area contributed by atoms with Crippen molar-refractivity contribution < 1.29 is 9.21 Å². The standard InChI is InChI=1S/C29H27NO3/c1-17(2)21-10-12-22(13-11-21)25-24-26(31)23-15-18(3)14-19(4)27(23)33-28(24)29(32)30(25)16-20-8-6-5-7-9-20/h5-15,17,25H,16H2,1-4H3. The van der Waals surface area contributed by atoms with Crippen molar-refractivity contribution in [3.05, 3.63) is 116 Å². The molecular weight excluding hydrogens is 410 g/mol. The summed E-state index contributed by atoms with van der Waals surface area (Å²) in [5.74, 6) is 0.316. The molecule has 5 rings (SSSR count). The molecule has 33 heavy (non-hydrogen) atoms. The Labute approximate surface area is 193 Å². The van der Waals surface area contributed by atoms with Gasteiger partial charge in [-0.3, -0.25) is 9.59 Å². The first-order chi connectivity index (χ1) is 15.8. The van der Waals surface area contributed by atoms with Crippen LogP contribution in [0.1, 0.15) is 69.7 Å². The van der Waals surface area contributed by atoms with E-state index in [4.69, 9.17) is 4.42 Å². The molecule has 1 aliphatic rings. The van der Waals surface area contributed by atoms with Crippen molar-refractivity contribution in [2.75, 3.05) is 0 Å². The van der Waals surface area contributed by atoms with E-state index in [1.165, 1.54) is 5.56 Å². The number of aryl methyl sites for hydroxylation is 2. The van der Waals surface area contributed by atoms with E-state index in [2.05, 4.69) is 26.0 Å². The topological polar surface area (TPSA) is 50.5 Å². The Morgan fingerprint density at radius 3 is 2.30 bits per heavy atom. The summed E-state index contributed by atoms with van der Waals surface area (Å²) in [6.45, 7) is 8.57. The number of rotatable bonds is 4. The Bertz CT molecular complexity index is 1420. The van der Waals surface area contributed by atoms with Crippen LogP contribution >= 0.6 is 0 Å². The summed E-state index contributed by atoms with van der Waals surface area (Å²) in [5.41, 5.74) is 5.80. The second-order valence-electron chi connectivity index (χ2n) is 9.28. The van der Waals surface area contributed by atoms with Gasteiger partial charge in [0.25, 0.3) is 5.91 Å². The van der Waals surface area contributed by atoms with Crippen LogP contribution in [0, 0.1) is 13.8 Å². The fourth-order valence-electron chi connectivity index (χ4n) is 4.83. The van der Waals surface area contributed by atoms with E-state index < -0.39 is 6.04 Å². The van der Waals surface area contributed by atoms with Crippen molar-refractivity contribution in [3.8, 4) is 0 Å². The lowest BCUT2D eigenvalue weighted by molar-refractivity contribution is 0.0714. The second-order valence-corrected chi connectivity index (χ2v) is 9.28. The van der Waals surface area contributed by atoms with Crippen LogP contribution in [-0.4, -0.2) is 10.8 Å². The lowest BCUT2D eigenvalue weighted by atomic mass is 9.94. The molecule has 4 aromatic rings. The summed E-state index contributed by atoms with van der Waals surface area (Å²) in [7, 11) is 0. The average molecular weight is 438 g/mol. The van der Waals surface area contributed by atoms with Crippen molar-refractivity contribution in [3.63, 3.8) is 0 Å². The van der Waals surface area contributed by atoms with E-state index in [0.29, 0.717) is 29.0 Å². The number of carbonyl (C=O) groups excluding carboxylic acids is 1. The van der Waals surface area contributed by atoms with Gasteiger partial charge in [0.05, 0.1) is 17.0 Å². The van der Waals surface area contributed by atoms with E-state index in [9.17, 15) is 9.59 Å². The molecule has 0 N–H and O–H groups in total. The van der Waals surface area contributed by atoms with Gasteiger partial charge in [0.2, 0.25) is 5.76 Å². The minimum atomic E-state index is -0.490. The van der Waals surface area contributed by atoms with Gasteiger partial charge in [-0.25, -0.2) is 0 Å². The van der Waals surface area contributed by atoms with Crippen molar-refractivity contribution in [2.24, 2.45) is 0 Å². The second kappa shape index (κ2) is 8.04. The largest absolute Gasteiger partial charge is 0.450 e. The molecule has 166 valence electrons. The number of fused-ring (bicyclic) bond motifs is 2. The van der Waals surface area contributed by atoms with E-state index in [1.54, 1.807) is 4.90 Å². The Kier molecular flexibility index (Phi) is 5.16. The normalized spacial score (nSPS) is 15.5. The molecule has 0 radical (unpaired) electrons. The minimum Gasteiger partial charge on any atom is -0.450 e. The quantitative estimate of drug-likeness (QED) is 0.378. The Morgan fingerprint density at radius 2 is 1.64 bits per heavy atom. The maximum absolute atomic E-state index is 13.8. The van der Waals surface area contributed by atoms with Gasteiger partial charge >= 0.3 is 0 Å². The zero-order valence-corrected chi connectivity index (χ0v) is 19.4. The van der Waals surface area contributed by atoms with Crippen LogP contribution in [0.4, 0.5) is 0 Å². The van der Waals surface area contributed by atoms with E-state index in [0.717, 1.165) is 22.3 Å². The molecule has 1 unspecified atom stereocenters. The Hall–Kier alpha value is -3.66. The highest BCUT2D eigenvalue weighted by Crippen LogP contribution is 2.40. The van der Waals surface area contributed by atoms with Gasteiger partial charge in [-0.2, -0.15) is 0 Å². The molecule has 0 spiro atoms. The van der Waals surface area contributed by atoms with Crippen LogP contribution in [-0.2, 0) is 6.54 Å². The number of amides is 1. The summed E-state index contributed by atoms with van der Waals surface area (Å²) < 4.78 is 6.17. The predicted molar refractivity (Wildman–Crippen MR) is 131 cm³/mol. The van der Waals surface area contributed by atoms with Crippen LogP contribution in [0.5, 0.6) is 0 Å². The van der Waals surface area contributed by atoms with Crippen LogP contribution in [0.25, 0.3) is 11.0 Å². The van der Waals surface area contributed by atoms with Crippen LogP contribution in [0.2, 0.25) is 0 Å². The average Bonchev–Trinajstić information content (AvgIpc) is 3.07. The molecule has 0 bridgehead atoms. The molecule has 1 atom stereocenters. The zero-order valence-electron chi connectivity index (χ0n) is 19.4. The predicted octanol–water partition coefficient (Wildman–Crippen LogP) is 6.28. The third kappa shape index (κ3) is 3.56. The third-order valence-corrected chi connectivity index (χ3v) is 6.51. The lowest BCUT2D eigenvalue weighted by Gasteiger charge is -2.25. The number of benzene rings is 3. The first kappa shape index (κ1) is 21.2. The van der Waals surface area contributed by atoms with Gasteiger partial charge in [-0.05, 0) is 53.6 Å². The molecule has 0 aliphatic carbocycles. The molecule has 0 saturated carbocycles. The number of nitrogens with zero attached hydrogens (tertiary/aromatic N) is 1. The molecule has 0 saturated heterocycles. The summed E-state index contributed by atoms with van der Waals surface area (Å²) in [4.78, 5) is 29.2. The van der Waals surface area contributed by atoms with Gasteiger partial charge < -0.3 is 9.32 Å². The summed E-state index contributed by atoms with van der Waals surface area (Å²) in [6.07, 6.45) is 0. The number of hydrogen-bond acceptors (Lipinski definition) is 3. The van der Waals surface area contributed by atoms with E-state index in [1.807, 2.05) is 68.4 Å². The molecular formula is C29H27NO3. The highest BCUT2D eigenvalue weighted by molar-refractivity contribution is 5.99. The number of hydrogen-bond donors (Lipinski definition) is 0. The molecule has 4 heteroatoms. The molecule has 1 amide bonds. The van der Waals surface area contributed by atoms with Crippen molar-refractivity contribution in [2.45, 2.75) is 46.2 Å². The maximum atomic E-state index is 13.8. The fourth-order valence-corrected chi connectivity index (χ4v) is 4.83. The van der Waals surface area contributed by atoms with Crippen molar-refractivity contribution >= 4 is 16.9 Å². The van der Waals surface area contributed by atoms with Gasteiger partial charge in [0.1, 0.15) is 5.58 Å². The zero-order chi connectivity index (χ0) is 23.3. The monoisotopic (exact) mass is 437 g/mol. The van der Waals surface area contributed by atoms with Crippen molar-refractivity contribution in [1.29, 1.82) is 0 Å². The fraction of sp³-hybridized carbons (Fsp3) is 0.241. The summed E-state index contributed by atoms with van der Waals surface area (Å²) >= 11 is 0. The third-order valence-electron chi connectivity index (χ3n) is 6.51. The van der Waals surface area contributed by atoms with Crippen LogP contribution in [0.15, 0.2) is 75.9 Å². The smallest absolute Gasteiger partial charge is 0.291 e. The van der Waals surface area contributed by atoms with Crippen molar-refractivity contribution in [1.82, 2.24) is 4.90 Å². The van der Waals surface area contributed by atoms with E-state index in [-0.39, 0.29) is 17.1 Å². The van der Waals surface area contributed by atoms with Gasteiger partial charge in [-0.1, -0.05) is 74.5 Å². The van der Waals surface area contributed by atoms with Crippen LogP contribution < -0.4 is 5.43 Å². The summed E-state index contributed by atoms with van der Waals surface area (Å²) in [6, 6.07) is 21.4. The molecule has 1 aromatic heterocycles. The maximum Gasteiger partial charge on any atom is 0.291 e.